The topological polar surface area (TPSA) is 38.0 Å². The van der Waals surface area contributed by atoms with E-state index in [-0.39, 0.29) is 30.4 Å². The van der Waals surface area contributed by atoms with Gasteiger partial charge in [-0.2, -0.15) is 0 Å². The first kappa shape index (κ1) is 11.4. The quantitative estimate of drug-likeness (QED) is 0.606. The smallest absolute Gasteiger partial charge is 0.127 e. The molecule has 0 spiro atoms. The molecule has 2 nitrogen and oxygen atoms in total. The van der Waals surface area contributed by atoms with Gasteiger partial charge in [0.2, 0.25) is 0 Å². The molecule has 2 heterocycles. The second kappa shape index (κ2) is 3.05. The van der Waals surface area contributed by atoms with Crippen LogP contribution in [0.2, 0.25) is 0 Å². The predicted octanol–water partition coefficient (Wildman–Crippen LogP) is 0.633. The third-order valence-electron chi connectivity index (χ3n) is 2.26. The lowest BCUT2D eigenvalue weighted by Crippen LogP contribution is -2.72. The van der Waals surface area contributed by atoms with Crippen molar-refractivity contribution in [3.63, 3.8) is 0 Å². The van der Waals surface area contributed by atoms with Crippen molar-refractivity contribution < 1.29 is 4.39 Å². The van der Waals surface area contributed by atoms with E-state index in [0.717, 1.165) is 6.54 Å². The monoisotopic (exact) mass is 202 g/mol. The van der Waals surface area contributed by atoms with Gasteiger partial charge >= 0.3 is 0 Å². The summed E-state index contributed by atoms with van der Waals surface area (Å²) in [5.41, 5.74) is 4.57. The molecular weight excluding hydrogens is 190 g/mol. The minimum absolute atomic E-state index is 0. The molecule has 3 aliphatic rings. The lowest BCUT2D eigenvalue weighted by molar-refractivity contribution is -0.0425. The van der Waals surface area contributed by atoms with Gasteiger partial charge in [0.25, 0.3) is 0 Å². The molecule has 3 N–H and O–H groups in total. The number of hydrogen-bond acceptors (Lipinski definition) is 2. The first-order valence-electron chi connectivity index (χ1n) is 3.31. The molecule has 0 aromatic carbocycles. The van der Waals surface area contributed by atoms with Crippen LogP contribution >= 0.6 is 24.8 Å². The first-order valence-corrected chi connectivity index (χ1v) is 3.31. The summed E-state index contributed by atoms with van der Waals surface area (Å²) in [5, 5.41) is 2.97. The maximum Gasteiger partial charge on any atom is 0.127 e. The van der Waals surface area contributed by atoms with Crippen LogP contribution in [-0.4, -0.2) is 24.3 Å². The van der Waals surface area contributed by atoms with E-state index in [1.54, 1.807) is 0 Å². The van der Waals surface area contributed by atoms with Crippen LogP contribution in [0.3, 0.4) is 0 Å². The van der Waals surface area contributed by atoms with Gasteiger partial charge < -0.3 is 11.1 Å². The molecule has 2 bridgehead atoms. The van der Waals surface area contributed by atoms with E-state index in [4.69, 9.17) is 5.73 Å². The molecule has 0 atom stereocenters. The van der Waals surface area contributed by atoms with Crippen molar-refractivity contribution in [1.82, 2.24) is 5.32 Å². The number of hydrogen-bond donors (Lipinski definition) is 2. The lowest BCUT2D eigenvalue weighted by Gasteiger charge is -2.54. The molecule has 0 aromatic rings. The highest BCUT2D eigenvalue weighted by Crippen LogP contribution is 2.44. The zero-order chi connectivity index (χ0) is 6.54. The van der Waals surface area contributed by atoms with Gasteiger partial charge in [0.15, 0.2) is 0 Å². The third kappa shape index (κ3) is 1.78. The van der Waals surface area contributed by atoms with Crippen molar-refractivity contribution in [2.75, 3.05) is 13.1 Å². The Kier molecular flexibility index (Phi) is 3.17. The average molecular weight is 203 g/mol. The molecule has 2 saturated heterocycles. The maximum absolute atomic E-state index is 13.0. The Labute approximate surface area is 77.9 Å². The number of nitrogens with two attached hydrogens (primary N) is 1. The maximum atomic E-state index is 13.0. The van der Waals surface area contributed by atoms with Crippen molar-refractivity contribution in [2.24, 2.45) is 5.73 Å². The molecule has 1 aliphatic carbocycles. The van der Waals surface area contributed by atoms with Crippen LogP contribution in [0, 0.1) is 0 Å². The van der Waals surface area contributed by atoms with Crippen LogP contribution in [0.25, 0.3) is 0 Å². The molecule has 3 rings (SSSR count). The summed E-state index contributed by atoms with van der Waals surface area (Å²) in [6.07, 6.45) is 1.12. The van der Waals surface area contributed by atoms with E-state index in [9.17, 15) is 4.39 Å². The van der Waals surface area contributed by atoms with Gasteiger partial charge in [-0.05, 0) is 0 Å². The van der Waals surface area contributed by atoms with Crippen LogP contribution in [0.5, 0.6) is 0 Å². The largest absolute Gasteiger partial charge is 0.324 e. The molecule has 0 radical (unpaired) electrons. The van der Waals surface area contributed by atoms with E-state index in [1.807, 2.05) is 0 Å². The van der Waals surface area contributed by atoms with Gasteiger partial charge in [-0.3, -0.25) is 0 Å². The number of halogens is 3. The average Bonchev–Trinajstić information content (AvgIpc) is 1.59. The van der Waals surface area contributed by atoms with E-state index in [0.29, 0.717) is 19.4 Å². The van der Waals surface area contributed by atoms with Crippen LogP contribution in [0.1, 0.15) is 12.8 Å². The molecule has 68 valence electrons. The molecule has 0 amide bonds. The van der Waals surface area contributed by atoms with E-state index in [2.05, 4.69) is 5.32 Å². The van der Waals surface area contributed by atoms with Crippen molar-refractivity contribution >= 4 is 24.8 Å². The normalized spacial score (nSPS) is 46.4. The lowest BCUT2D eigenvalue weighted by atomic mass is 9.64. The van der Waals surface area contributed by atoms with Crippen molar-refractivity contribution in [1.29, 1.82) is 0 Å². The highest BCUT2D eigenvalue weighted by molar-refractivity contribution is 5.85. The van der Waals surface area contributed by atoms with Crippen molar-refractivity contribution in [3.8, 4) is 0 Å². The van der Waals surface area contributed by atoms with Gasteiger partial charge in [-0.15, -0.1) is 24.8 Å². The molecule has 3 fully saturated rings. The Balaban J connectivity index is 0.000000500. The number of alkyl halides is 1. The van der Waals surface area contributed by atoms with Gasteiger partial charge in [0.05, 0.1) is 0 Å². The van der Waals surface area contributed by atoms with Crippen LogP contribution < -0.4 is 11.1 Å². The van der Waals surface area contributed by atoms with Crippen molar-refractivity contribution in [3.05, 3.63) is 0 Å². The molecule has 11 heavy (non-hydrogen) atoms. The molecule has 1 saturated carbocycles. The first-order chi connectivity index (χ1) is 4.12. The minimum Gasteiger partial charge on any atom is -0.324 e. The standard InChI is InChI=1S/C6H11FN2.2ClH/c7-5-1-6(8,2-5)4-9-3-5;;/h9H,1-4,8H2;2*1H. The van der Waals surface area contributed by atoms with Gasteiger partial charge in [-0.25, -0.2) is 4.39 Å². The molecule has 5 heteroatoms. The summed E-state index contributed by atoms with van der Waals surface area (Å²) in [6.45, 7) is 1.30. The summed E-state index contributed by atoms with van der Waals surface area (Å²) in [6, 6.07) is 0. The molecular formula is C6H13Cl2FN2. The fourth-order valence-electron chi connectivity index (χ4n) is 2.00. The van der Waals surface area contributed by atoms with Crippen molar-refractivity contribution in [2.45, 2.75) is 24.0 Å². The summed E-state index contributed by atoms with van der Waals surface area (Å²) in [4.78, 5) is 0. The van der Waals surface area contributed by atoms with Crippen LogP contribution in [0.15, 0.2) is 0 Å². The Morgan fingerprint density at radius 3 is 2.00 bits per heavy atom. The molecule has 0 unspecified atom stereocenters. The zero-order valence-electron chi connectivity index (χ0n) is 6.10. The second-order valence-corrected chi connectivity index (χ2v) is 3.47. The van der Waals surface area contributed by atoms with E-state index < -0.39 is 5.67 Å². The van der Waals surface area contributed by atoms with Gasteiger partial charge in [0.1, 0.15) is 5.67 Å². The summed E-state index contributed by atoms with van der Waals surface area (Å²) in [5.74, 6) is 0. The Bertz CT molecular complexity index is 134. The SMILES string of the molecule is Cl.Cl.NC12CNCC(F)(C1)C2. The fraction of sp³-hybridized carbons (Fsp3) is 1.00. The number of rotatable bonds is 0. The number of fused-ring (bicyclic) bond motifs is 2. The predicted molar refractivity (Wildman–Crippen MR) is 47.4 cm³/mol. The Morgan fingerprint density at radius 2 is 1.73 bits per heavy atom. The van der Waals surface area contributed by atoms with Gasteiger partial charge in [-0.1, -0.05) is 0 Å². The third-order valence-corrected chi connectivity index (χ3v) is 2.26. The Morgan fingerprint density at radius 1 is 1.18 bits per heavy atom. The fourth-order valence-corrected chi connectivity index (χ4v) is 2.00. The molecule has 0 aromatic heterocycles. The summed E-state index contributed by atoms with van der Waals surface area (Å²) in [7, 11) is 0. The molecule has 2 aliphatic heterocycles. The van der Waals surface area contributed by atoms with Gasteiger partial charge in [0, 0.05) is 31.5 Å². The highest BCUT2D eigenvalue weighted by atomic mass is 35.5. The zero-order valence-corrected chi connectivity index (χ0v) is 7.73. The highest BCUT2D eigenvalue weighted by Gasteiger charge is 2.56. The Hall–Kier alpha value is 0.430. The number of nitrogens with one attached hydrogen (secondary N) is 1. The number of piperidine rings is 2. The van der Waals surface area contributed by atoms with Crippen LogP contribution in [0.4, 0.5) is 4.39 Å². The van der Waals surface area contributed by atoms with Crippen LogP contribution in [-0.2, 0) is 0 Å². The minimum atomic E-state index is -0.951. The summed E-state index contributed by atoms with van der Waals surface area (Å²) < 4.78 is 13.0. The summed E-state index contributed by atoms with van der Waals surface area (Å²) >= 11 is 0. The second-order valence-electron chi connectivity index (χ2n) is 3.47. The van der Waals surface area contributed by atoms with E-state index >= 15 is 0 Å². The van der Waals surface area contributed by atoms with E-state index in [1.165, 1.54) is 0 Å².